The lowest BCUT2D eigenvalue weighted by Gasteiger charge is -2.06. The van der Waals surface area contributed by atoms with Crippen molar-refractivity contribution in [1.29, 1.82) is 0 Å². The summed E-state index contributed by atoms with van der Waals surface area (Å²) in [6, 6.07) is 18.0. The van der Waals surface area contributed by atoms with E-state index in [9.17, 15) is 4.79 Å². The van der Waals surface area contributed by atoms with Crippen LogP contribution in [0.3, 0.4) is 0 Å². The molecule has 0 aliphatic heterocycles. The standard InChI is InChI=1S/C16H15N3OS/c1-12-7-9-14(10-8-12)19-15(20)17-18-16(19)21-11-13-5-3-2-4-6-13/h2-10H,11H2,1H3,(H,17,20). The van der Waals surface area contributed by atoms with Crippen LogP contribution < -0.4 is 5.69 Å². The first-order valence-corrected chi connectivity index (χ1v) is 7.64. The molecule has 2 aromatic carbocycles. The quantitative estimate of drug-likeness (QED) is 0.753. The van der Waals surface area contributed by atoms with E-state index in [4.69, 9.17) is 0 Å². The first kappa shape index (κ1) is 13.7. The monoisotopic (exact) mass is 297 g/mol. The molecule has 0 aliphatic rings. The molecule has 0 radical (unpaired) electrons. The Bertz CT molecular complexity index is 775. The van der Waals surface area contributed by atoms with E-state index in [-0.39, 0.29) is 5.69 Å². The van der Waals surface area contributed by atoms with Crippen molar-refractivity contribution in [2.75, 3.05) is 0 Å². The van der Waals surface area contributed by atoms with Gasteiger partial charge in [-0.25, -0.2) is 14.5 Å². The zero-order chi connectivity index (χ0) is 14.7. The van der Waals surface area contributed by atoms with Crippen LogP contribution in [0, 0.1) is 6.92 Å². The summed E-state index contributed by atoms with van der Waals surface area (Å²) in [5.74, 6) is 0.775. The Morgan fingerprint density at radius 1 is 1.10 bits per heavy atom. The van der Waals surface area contributed by atoms with E-state index in [1.54, 1.807) is 16.3 Å². The lowest BCUT2D eigenvalue weighted by molar-refractivity contribution is 0.869. The predicted octanol–water partition coefficient (Wildman–Crippen LogP) is 3.16. The minimum Gasteiger partial charge on any atom is -0.246 e. The van der Waals surface area contributed by atoms with Crippen molar-refractivity contribution in [1.82, 2.24) is 14.8 Å². The summed E-state index contributed by atoms with van der Waals surface area (Å²) in [5, 5.41) is 7.32. The van der Waals surface area contributed by atoms with E-state index in [0.29, 0.717) is 5.16 Å². The number of aromatic amines is 1. The Morgan fingerprint density at radius 2 is 1.81 bits per heavy atom. The topological polar surface area (TPSA) is 50.7 Å². The van der Waals surface area contributed by atoms with Crippen molar-refractivity contribution in [2.45, 2.75) is 17.8 Å². The second kappa shape index (κ2) is 6.01. The van der Waals surface area contributed by atoms with Crippen molar-refractivity contribution < 1.29 is 0 Å². The van der Waals surface area contributed by atoms with E-state index in [1.165, 1.54) is 5.56 Å². The highest BCUT2D eigenvalue weighted by Gasteiger charge is 2.10. The van der Waals surface area contributed by atoms with E-state index in [0.717, 1.165) is 17.0 Å². The van der Waals surface area contributed by atoms with Crippen molar-refractivity contribution in [2.24, 2.45) is 0 Å². The molecule has 0 spiro atoms. The van der Waals surface area contributed by atoms with Crippen LogP contribution in [0.15, 0.2) is 64.5 Å². The molecule has 0 fully saturated rings. The third-order valence-corrected chi connectivity index (χ3v) is 4.15. The Morgan fingerprint density at radius 3 is 2.52 bits per heavy atom. The second-order valence-corrected chi connectivity index (χ2v) is 5.70. The molecular formula is C16H15N3OS. The molecule has 1 heterocycles. The van der Waals surface area contributed by atoms with Gasteiger partial charge in [-0.05, 0) is 24.6 Å². The Kier molecular flexibility index (Phi) is 3.92. The van der Waals surface area contributed by atoms with Gasteiger partial charge in [0.2, 0.25) is 0 Å². The van der Waals surface area contributed by atoms with Gasteiger partial charge in [-0.3, -0.25) is 0 Å². The molecule has 0 saturated carbocycles. The fourth-order valence-corrected chi connectivity index (χ4v) is 2.94. The molecule has 0 bridgehead atoms. The molecule has 0 aliphatic carbocycles. The number of hydrogen-bond donors (Lipinski definition) is 1. The van der Waals surface area contributed by atoms with Crippen LogP contribution >= 0.6 is 11.8 Å². The molecule has 5 heteroatoms. The number of nitrogens with one attached hydrogen (secondary N) is 1. The summed E-state index contributed by atoms with van der Waals surface area (Å²) in [7, 11) is 0. The van der Waals surface area contributed by atoms with Crippen LogP contribution in [0.2, 0.25) is 0 Å². The summed E-state index contributed by atoms with van der Waals surface area (Å²) < 4.78 is 1.60. The molecule has 0 saturated heterocycles. The van der Waals surface area contributed by atoms with E-state index < -0.39 is 0 Å². The van der Waals surface area contributed by atoms with Gasteiger partial charge in [0.25, 0.3) is 0 Å². The minimum absolute atomic E-state index is 0.214. The molecule has 0 unspecified atom stereocenters. The van der Waals surface area contributed by atoms with Gasteiger partial charge >= 0.3 is 5.69 Å². The maximum absolute atomic E-state index is 12.0. The molecule has 1 aromatic heterocycles. The van der Waals surface area contributed by atoms with Crippen LogP contribution in [0.25, 0.3) is 5.69 Å². The van der Waals surface area contributed by atoms with Crippen LogP contribution in [-0.2, 0) is 5.75 Å². The van der Waals surface area contributed by atoms with Gasteiger partial charge in [-0.15, -0.1) is 5.10 Å². The third kappa shape index (κ3) is 3.08. The molecule has 4 nitrogen and oxygen atoms in total. The number of nitrogens with zero attached hydrogens (tertiary/aromatic N) is 2. The summed E-state index contributed by atoms with van der Waals surface area (Å²) in [5.41, 5.74) is 2.98. The van der Waals surface area contributed by atoms with Crippen molar-refractivity contribution in [3.05, 3.63) is 76.2 Å². The molecule has 3 rings (SSSR count). The third-order valence-electron chi connectivity index (χ3n) is 3.14. The van der Waals surface area contributed by atoms with Crippen molar-refractivity contribution >= 4 is 11.8 Å². The zero-order valence-electron chi connectivity index (χ0n) is 11.6. The second-order valence-electron chi connectivity index (χ2n) is 4.76. The SMILES string of the molecule is Cc1ccc(-n2c(SCc3ccccc3)n[nH]c2=O)cc1. The summed E-state index contributed by atoms with van der Waals surface area (Å²) in [6.45, 7) is 2.02. The van der Waals surface area contributed by atoms with Gasteiger partial charge in [0, 0.05) is 5.75 Å². The smallest absolute Gasteiger partial charge is 0.246 e. The molecule has 106 valence electrons. The lowest BCUT2D eigenvalue weighted by Crippen LogP contribution is -2.15. The lowest BCUT2D eigenvalue weighted by atomic mass is 10.2. The fourth-order valence-electron chi connectivity index (χ4n) is 2.02. The number of rotatable bonds is 4. The average Bonchev–Trinajstić information content (AvgIpc) is 2.88. The number of H-pyrrole nitrogens is 1. The van der Waals surface area contributed by atoms with Gasteiger partial charge in [-0.2, -0.15) is 0 Å². The number of hydrogen-bond acceptors (Lipinski definition) is 3. The Labute approximate surface area is 126 Å². The largest absolute Gasteiger partial charge is 0.348 e. The molecule has 0 atom stereocenters. The van der Waals surface area contributed by atoms with Crippen molar-refractivity contribution in [3.8, 4) is 5.69 Å². The van der Waals surface area contributed by atoms with Gasteiger partial charge < -0.3 is 0 Å². The first-order valence-electron chi connectivity index (χ1n) is 6.65. The van der Waals surface area contributed by atoms with Crippen LogP contribution in [0.4, 0.5) is 0 Å². The number of benzene rings is 2. The molecule has 0 amide bonds. The summed E-state index contributed by atoms with van der Waals surface area (Å²) in [6.07, 6.45) is 0. The van der Waals surface area contributed by atoms with E-state index >= 15 is 0 Å². The van der Waals surface area contributed by atoms with Gasteiger partial charge in [-0.1, -0.05) is 59.8 Å². The van der Waals surface area contributed by atoms with Crippen LogP contribution in [0.5, 0.6) is 0 Å². The predicted molar refractivity (Wildman–Crippen MR) is 84.9 cm³/mol. The normalized spacial score (nSPS) is 10.7. The summed E-state index contributed by atoms with van der Waals surface area (Å²) >= 11 is 1.54. The van der Waals surface area contributed by atoms with Crippen molar-refractivity contribution in [3.63, 3.8) is 0 Å². The Balaban J connectivity index is 1.87. The van der Waals surface area contributed by atoms with E-state index in [1.807, 2.05) is 49.4 Å². The molecular weight excluding hydrogens is 282 g/mol. The Hall–Kier alpha value is -2.27. The van der Waals surface area contributed by atoms with Gasteiger partial charge in [0.05, 0.1) is 5.69 Å². The zero-order valence-corrected chi connectivity index (χ0v) is 12.4. The van der Waals surface area contributed by atoms with E-state index in [2.05, 4.69) is 22.3 Å². The maximum atomic E-state index is 12.0. The molecule has 1 N–H and O–H groups in total. The fraction of sp³-hybridized carbons (Fsp3) is 0.125. The number of aryl methyl sites for hydroxylation is 1. The molecule has 3 aromatic rings. The number of thioether (sulfide) groups is 1. The highest BCUT2D eigenvalue weighted by Crippen LogP contribution is 2.22. The van der Waals surface area contributed by atoms with Crippen LogP contribution in [0.1, 0.15) is 11.1 Å². The first-order chi connectivity index (χ1) is 10.2. The highest BCUT2D eigenvalue weighted by atomic mass is 32.2. The van der Waals surface area contributed by atoms with Gasteiger partial charge in [0.1, 0.15) is 0 Å². The van der Waals surface area contributed by atoms with Crippen LogP contribution in [-0.4, -0.2) is 14.8 Å². The molecule has 21 heavy (non-hydrogen) atoms. The average molecular weight is 297 g/mol. The minimum atomic E-state index is -0.214. The summed E-state index contributed by atoms with van der Waals surface area (Å²) in [4.78, 5) is 12.0. The highest BCUT2D eigenvalue weighted by molar-refractivity contribution is 7.98. The van der Waals surface area contributed by atoms with Gasteiger partial charge in [0.15, 0.2) is 5.16 Å². The maximum Gasteiger partial charge on any atom is 0.348 e. The number of aromatic nitrogens is 3.